The Hall–Kier alpha value is -2.91. The van der Waals surface area contributed by atoms with Crippen LogP contribution in [0.3, 0.4) is 0 Å². The summed E-state index contributed by atoms with van der Waals surface area (Å²) in [7, 11) is 0. The van der Waals surface area contributed by atoms with Crippen molar-refractivity contribution < 1.29 is 4.74 Å². The molecule has 1 unspecified atom stereocenters. The lowest BCUT2D eigenvalue weighted by Gasteiger charge is -2.27. The van der Waals surface area contributed by atoms with Crippen molar-refractivity contribution >= 4 is 29.0 Å². The van der Waals surface area contributed by atoms with E-state index in [0.29, 0.717) is 6.61 Å². The summed E-state index contributed by atoms with van der Waals surface area (Å²) in [6.45, 7) is 8.22. The molecule has 0 saturated heterocycles. The van der Waals surface area contributed by atoms with Crippen molar-refractivity contribution in [1.82, 2.24) is 4.57 Å². The second kappa shape index (κ2) is 8.32. The maximum absolute atomic E-state index is 6.03. The Morgan fingerprint density at radius 2 is 1.74 bits per heavy atom. The van der Waals surface area contributed by atoms with Crippen LogP contribution in [0.5, 0.6) is 5.75 Å². The fourth-order valence-corrected chi connectivity index (χ4v) is 4.79. The Balaban J connectivity index is 0.00000231. The molecule has 0 aliphatic carbocycles. The molecule has 0 spiro atoms. The van der Waals surface area contributed by atoms with E-state index >= 15 is 0 Å². The Morgan fingerprint density at radius 1 is 0.968 bits per heavy atom. The number of para-hydroxylation sites is 2. The van der Waals surface area contributed by atoms with Crippen molar-refractivity contribution in [3.05, 3.63) is 95.7 Å². The number of benzene rings is 3. The highest BCUT2D eigenvalue weighted by Gasteiger charge is 2.41. The number of rotatable bonds is 5. The zero-order valence-corrected chi connectivity index (χ0v) is 19.1. The van der Waals surface area contributed by atoms with Crippen LogP contribution in [0.1, 0.15) is 36.6 Å². The van der Waals surface area contributed by atoms with Crippen molar-refractivity contribution in [2.24, 2.45) is 0 Å². The van der Waals surface area contributed by atoms with Gasteiger partial charge in [0.2, 0.25) is 0 Å². The summed E-state index contributed by atoms with van der Waals surface area (Å²) in [4.78, 5) is 0. The van der Waals surface area contributed by atoms with Gasteiger partial charge >= 0.3 is 0 Å². The smallest absolute Gasteiger partial charge is 0.119 e. The van der Waals surface area contributed by atoms with E-state index in [0.717, 1.165) is 12.3 Å². The van der Waals surface area contributed by atoms with Crippen molar-refractivity contribution in [3.63, 3.8) is 0 Å². The molecule has 5 rings (SSSR count). The Kier molecular flexibility index (Phi) is 5.72. The number of hydrogen-bond donors (Lipinski definition) is 1. The van der Waals surface area contributed by atoms with Gasteiger partial charge in [0, 0.05) is 33.8 Å². The van der Waals surface area contributed by atoms with Crippen LogP contribution in [0.15, 0.2) is 79.0 Å². The van der Waals surface area contributed by atoms with E-state index in [2.05, 4.69) is 97.5 Å². The minimum Gasteiger partial charge on any atom is -0.492 e. The number of aromatic nitrogens is 1. The van der Waals surface area contributed by atoms with Gasteiger partial charge < -0.3 is 14.6 Å². The molecule has 1 aliphatic heterocycles. The largest absolute Gasteiger partial charge is 0.492 e. The molecule has 3 aromatic carbocycles. The molecule has 160 valence electrons. The predicted octanol–water partition coefficient (Wildman–Crippen LogP) is 6.89. The number of aryl methyl sites for hydroxylation is 1. The first-order chi connectivity index (χ1) is 14.5. The number of anilines is 1. The molecule has 1 N–H and O–H groups in total. The van der Waals surface area contributed by atoms with E-state index in [1.54, 1.807) is 0 Å². The highest BCUT2D eigenvalue weighted by atomic mass is 35.5. The summed E-state index contributed by atoms with van der Waals surface area (Å²) in [5.41, 5.74) is 6.47. The van der Waals surface area contributed by atoms with Crippen LogP contribution in [-0.2, 0) is 12.0 Å². The van der Waals surface area contributed by atoms with Crippen molar-refractivity contribution in [2.75, 3.05) is 11.9 Å². The fraction of sp³-hybridized carbons (Fsp3) is 0.259. The lowest BCUT2D eigenvalue weighted by molar-refractivity contribution is 0.300. The molecule has 3 nitrogen and oxygen atoms in total. The molecule has 4 heteroatoms. The second-order valence-corrected chi connectivity index (χ2v) is 8.80. The van der Waals surface area contributed by atoms with Gasteiger partial charge in [-0.1, -0.05) is 62.4 Å². The van der Waals surface area contributed by atoms with Crippen LogP contribution in [-0.4, -0.2) is 11.2 Å². The van der Waals surface area contributed by atoms with E-state index in [9.17, 15) is 0 Å². The fourth-order valence-electron chi connectivity index (χ4n) is 4.79. The predicted molar refractivity (Wildman–Crippen MR) is 132 cm³/mol. The van der Waals surface area contributed by atoms with E-state index in [4.69, 9.17) is 4.74 Å². The van der Waals surface area contributed by atoms with Crippen molar-refractivity contribution in [2.45, 2.75) is 38.8 Å². The molecule has 0 saturated carbocycles. The van der Waals surface area contributed by atoms with Gasteiger partial charge in [0.1, 0.15) is 12.4 Å². The standard InChI is InChI=1S/C27H28N2O.ClH/c1-19-9-8-10-20(17-19)30-16-15-29-18-22(21-11-4-7-14-25(21)29)26-27(2,3)23-12-5-6-13-24(23)28-26;/h4-14,17-18,26,28H,15-16H2,1-3H3;1H. The summed E-state index contributed by atoms with van der Waals surface area (Å²) in [6.07, 6.45) is 2.32. The Bertz CT molecular complexity index is 1210. The number of nitrogens with one attached hydrogen (secondary N) is 1. The van der Waals surface area contributed by atoms with Crippen LogP contribution in [0.25, 0.3) is 10.9 Å². The SMILES string of the molecule is Cc1cccc(OCCn2cc(C3Nc4ccccc4C3(C)C)c3ccccc32)c1.Cl. The van der Waals surface area contributed by atoms with E-state index in [-0.39, 0.29) is 23.9 Å². The monoisotopic (exact) mass is 432 g/mol. The summed E-state index contributed by atoms with van der Waals surface area (Å²) < 4.78 is 8.36. The summed E-state index contributed by atoms with van der Waals surface area (Å²) in [6, 6.07) is 25.8. The third-order valence-electron chi connectivity index (χ3n) is 6.36. The number of nitrogens with zero attached hydrogens (tertiary/aromatic N) is 1. The molecular weight excluding hydrogens is 404 g/mol. The van der Waals surface area contributed by atoms with Gasteiger partial charge in [-0.3, -0.25) is 0 Å². The summed E-state index contributed by atoms with van der Waals surface area (Å²) >= 11 is 0. The van der Waals surface area contributed by atoms with Gasteiger partial charge in [0.15, 0.2) is 0 Å². The first-order valence-electron chi connectivity index (χ1n) is 10.7. The summed E-state index contributed by atoms with van der Waals surface area (Å²) in [5, 5.41) is 5.10. The molecular formula is C27H29ClN2O. The molecule has 1 atom stereocenters. The Labute approximate surface area is 190 Å². The quantitative estimate of drug-likeness (QED) is 0.371. The molecule has 1 aromatic heterocycles. The van der Waals surface area contributed by atoms with Gasteiger partial charge in [-0.05, 0) is 42.3 Å². The zero-order chi connectivity index (χ0) is 20.7. The second-order valence-electron chi connectivity index (χ2n) is 8.80. The first kappa shape index (κ1) is 21.3. The molecule has 4 aromatic rings. The van der Waals surface area contributed by atoms with Crippen molar-refractivity contribution in [3.8, 4) is 5.75 Å². The van der Waals surface area contributed by atoms with Gasteiger partial charge in [-0.15, -0.1) is 12.4 Å². The lowest BCUT2D eigenvalue weighted by Crippen LogP contribution is -2.25. The lowest BCUT2D eigenvalue weighted by atomic mass is 9.78. The molecule has 2 heterocycles. The van der Waals surface area contributed by atoms with E-state index < -0.39 is 0 Å². The van der Waals surface area contributed by atoms with Gasteiger partial charge in [0.25, 0.3) is 0 Å². The third-order valence-corrected chi connectivity index (χ3v) is 6.36. The average Bonchev–Trinajstić information content (AvgIpc) is 3.23. The normalized spacial score (nSPS) is 16.4. The van der Waals surface area contributed by atoms with Crippen LogP contribution < -0.4 is 10.1 Å². The molecule has 31 heavy (non-hydrogen) atoms. The van der Waals surface area contributed by atoms with Gasteiger partial charge in [-0.2, -0.15) is 0 Å². The van der Waals surface area contributed by atoms with Crippen LogP contribution >= 0.6 is 12.4 Å². The molecule has 1 aliphatic rings. The average molecular weight is 433 g/mol. The molecule has 0 fully saturated rings. The topological polar surface area (TPSA) is 26.2 Å². The summed E-state index contributed by atoms with van der Waals surface area (Å²) in [5.74, 6) is 0.931. The molecule has 0 radical (unpaired) electrons. The maximum Gasteiger partial charge on any atom is 0.119 e. The van der Waals surface area contributed by atoms with Gasteiger partial charge in [0.05, 0.1) is 12.6 Å². The molecule has 0 amide bonds. The molecule has 0 bridgehead atoms. The minimum atomic E-state index is 0. The first-order valence-corrected chi connectivity index (χ1v) is 10.7. The zero-order valence-electron chi connectivity index (χ0n) is 18.3. The highest BCUT2D eigenvalue weighted by molar-refractivity contribution is 5.86. The van der Waals surface area contributed by atoms with Crippen molar-refractivity contribution in [1.29, 1.82) is 0 Å². The number of ether oxygens (including phenoxy) is 1. The van der Waals surface area contributed by atoms with E-state index in [1.807, 2.05) is 12.1 Å². The number of fused-ring (bicyclic) bond motifs is 2. The van der Waals surface area contributed by atoms with E-state index in [1.165, 1.54) is 33.3 Å². The van der Waals surface area contributed by atoms with Gasteiger partial charge in [-0.25, -0.2) is 0 Å². The van der Waals surface area contributed by atoms with Crippen LogP contribution in [0, 0.1) is 6.92 Å². The third kappa shape index (κ3) is 3.79. The van der Waals surface area contributed by atoms with Crippen LogP contribution in [0.2, 0.25) is 0 Å². The maximum atomic E-state index is 6.03. The highest BCUT2D eigenvalue weighted by Crippen LogP contribution is 2.49. The number of hydrogen-bond acceptors (Lipinski definition) is 2. The minimum absolute atomic E-state index is 0. The number of halogens is 1. The Morgan fingerprint density at radius 3 is 2.55 bits per heavy atom. The van der Waals surface area contributed by atoms with Crippen LogP contribution in [0.4, 0.5) is 5.69 Å².